The predicted molar refractivity (Wildman–Crippen MR) is 88.2 cm³/mol. The molecule has 7 heteroatoms. The van der Waals surface area contributed by atoms with Crippen molar-refractivity contribution in [1.82, 2.24) is 0 Å². The Balaban J connectivity index is 1.65. The Bertz CT molecular complexity index is 770. The minimum atomic E-state index is -1.40. The van der Waals surface area contributed by atoms with E-state index < -0.39 is 23.9 Å². The van der Waals surface area contributed by atoms with Crippen molar-refractivity contribution < 1.29 is 22.7 Å². The van der Waals surface area contributed by atoms with Crippen LogP contribution in [-0.4, -0.2) is 32.0 Å². The van der Waals surface area contributed by atoms with Crippen molar-refractivity contribution in [1.29, 1.82) is 0 Å². The normalized spacial score (nSPS) is 17.4. The largest absolute Gasteiger partial charge is 0.364 e. The molecule has 1 aliphatic heterocycles. The highest BCUT2D eigenvalue weighted by Gasteiger charge is 2.20. The summed E-state index contributed by atoms with van der Waals surface area (Å²) in [5.41, 5.74) is 1.04. The second kappa shape index (κ2) is 7.57. The van der Waals surface area contributed by atoms with E-state index in [0.29, 0.717) is 17.8 Å². The second-order valence-electron chi connectivity index (χ2n) is 5.75. The molecule has 132 valence electrons. The van der Waals surface area contributed by atoms with Gasteiger partial charge in [-0.15, -0.1) is 0 Å². The average Bonchev–Trinajstić information content (AvgIpc) is 2.56. The summed E-state index contributed by atoms with van der Waals surface area (Å²) in [7, 11) is 0. The van der Waals surface area contributed by atoms with E-state index in [2.05, 4.69) is 5.32 Å². The Labute approximate surface area is 143 Å². The number of amides is 1. The number of ether oxygens (including phenoxy) is 1. The zero-order valence-corrected chi connectivity index (χ0v) is 13.3. The zero-order chi connectivity index (χ0) is 17.8. The molecule has 1 unspecified atom stereocenters. The molecule has 0 aliphatic carbocycles. The van der Waals surface area contributed by atoms with Gasteiger partial charge in [-0.2, -0.15) is 0 Å². The first-order valence-corrected chi connectivity index (χ1v) is 7.86. The molecule has 4 nitrogen and oxygen atoms in total. The van der Waals surface area contributed by atoms with Gasteiger partial charge in [0, 0.05) is 12.2 Å². The maximum atomic E-state index is 14.2. The number of anilines is 2. The second-order valence-corrected chi connectivity index (χ2v) is 5.75. The molecule has 3 rings (SSSR count). The quantitative estimate of drug-likeness (QED) is 0.920. The van der Waals surface area contributed by atoms with E-state index in [1.807, 2.05) is 0 Å². The lowest BCUT2D eigenvalue weighted by molar-refractivity contribution is -0.115. The van der Waals surface area contributed by atoms with Crippen LogP contribution in [0.15, 0.2) is 42.5 Å². The molecule has 1 N–H and O–H groups in total. The third kappa shape index (κ3) is 4.51. The molecule has 1 atom stereocenters. The highest BCUT2D eigenvalue weighted by Crippen LogP contribution is 2.24. The van der Waals surface area contributed by atoms with Crippen molar-refractivity contribution in [3.63, 3.8) is 0 Å². The summed E-state index contributed by atoms with van der Waals surface area (Å²) in [5, 5.41) is 2.46. The van der Waals surface area contributed by atoms with E-state index >= 15 is 0 Å². The van der Waals surface area contributed by atoms with Gasteiger partial charge >= 0.3 is 0 Å². The van der Waals surface area contributed by atoms with Crippen LogP contribution in [0.1, 0.15) is 5.56 Å². The van der Waals surface area contributed by atoms with Crippen LogP contribution in [0.4, 0.5) is 24.5 Å². The maximum Gasteiger partial charge on any atom is 0.228 e. The summed E-state index contributed by atoms with van der Waals surface area (Å²) in [6.45, 7) is 0.727. The van der Waals surface area contributed by atoms with Crippen LogP contribution in [0.2, 0.25) is 0 Å². The highest BCUT2D eigenvalue weighted by molar-refractivity contribution is 5.92. The summed E-state index contributed by atoms with van der Waals surface area (Å²) in [5.74, 6) is -1.50. The van der Waals surface area contributed by atoms with Gasteiger partial charge in [0.2, 0.25) is 12.3 Å². The Kier molecular flexibility index (Phi) is 5.23. The zero-order valence-electron chi connectivity index (χ0n) is 13.3. The number of alkyl halides is 1. The molecule has 1 saturated heterocycles. The van der Waals surface area contributed by atoms with Gasteiger partial charge in [-0.05, 0) is 35.9 Å². The van der Waals surface area contributed by atoms with Crippen molar-refractivity contribution in [2.45, 2.75) is 12.8 Å². The molecule has 2 aromatic rings. The van der Waals surface area contributed by atoms with E-state index in [9.17, 15) is 18.0 Å². The van der Waals surface area contributed by atoms with E-state index in [4.69, 9.17) is 4.74 Å². The number of hydrogen-bond donors (Lipinski definition) is 1. The predicted octanol–water partition coefficient (Wildman–Crippen LogP) is 3.28. The highest BCUT2D eigenvalue weighted by atomic mass is 19.1. The van der Waals surface area contributed by atoms with Crippen molar-refractivity contribution >= 4 is 17.3 Å². The average molecular weight is 350 g/mol. The monoisotopic (exact) mass is 350 g/mol. The molecule has 1 amide bonds. The number of nitrogens with one attached hydrogen (secondary N) is 1. The fourth-order valence-corrected chi connectivity index (χ4v) is 2.67. The minimum Gasteiger partial charge on any atom is -0.364 e. The molecule has 0 saturated carbocycles. The van der Waals surface area contributed by atoms with Gasteiger partial charge < -0.3 is 15.0 Å². The van der Waals surface area contributed by atoms with Crippen molar-refractivity contribution in [3.8, 4) is 0 Å². The van der Waals surface area contributed by atoms with Gasteiger partial charge in [-0.3, -0.25) is 4.79 Å². The van der Waals surface area contributed by atoms with Crippen molar-refractivity contribution in [3.05, 3.63) is 59.7 Å². The summed E-state index contributed by atoms with van der Waals surface area (Å²) >= 11 is 0. The van der Waals surface area contributed by atoms with Gasteiger partial charge in [-0.25, -0.2) is 13.2 Å². The molecule has 1 heterocycles. The summed E-state index contributed by atoms with van der Waals surface area (Å²) < 4.78 is 45.4. The minimum absolute atomic E-state index is 0.0233. The SMILES string of the molecule is O=C(Cc1cccc(F)c1)Nc1ccc(N2CCOC(F)C2)cc1F. The van der Waals surface area contributed by atoms with E-state index in [-0.39, 0.29) is 25.3 Å². The smallest absolute Gasteiger partial charge is 0.228 e. The molecular formula is C18H17F3N2O2. The number of morpholine rings is 1. The van der Waals surface area contributed by atoms with Crippen LogP contribution in [0.3, 0.4) is 0 Å². The first-order valence-electron chi connectivity index (χ1n) is 7.86. The summed E-state index contributed by atoms with van der Waals surface area (Å²) in [4.78, 5) is 13.7. The van der Waals surface area contributed by atoms with Crippen LogP contribution in [0.5, 0.6) is 0 Å². The van der Waals surface area contributed by atoms with Crippen LogP contribution in [0.25, 0.3) is 0 Å². The van der Waals surface area contributed by atoms with Gasteiger partial charge in [0.15, 0.2) is 0 Å². The lowest BCUT2D eigenvalue weighted by Crippen LogP contribution is -2.40. The number of hydrogen-bond acceptors (Lipinski definition) is 3. The third-order valence-corrected chi connectivity index (χ3v) is 3.87. The fourth-order valence-electron chi connectivity index (χ4n) is 2.67. The standard InChI is InChI=1S/C18H17F3N2O2/c19-13-3-1-2-12(8-13)9-18(24)22-16-5-4-14(10-15(16)20)23-6-7-25-17(21)11-23/h1-5,8,10,17H,6-7,9,11H2,(H,22,24). The lowest BCUT2D eigenvalue weighted by Gasteiger charge is -2.31. The number of carbonyl (C=O) groups excluding carboxylic acids is 1. The molecule has 2 aromatic carbocycles. The van der Waals surface area contributed by atoms with Crippen molar-refractivity contribution in [2.75, 3.05) is 29.9 Å². The molecule has 0 radical (unpaired) electrons. The molecule has 25 heavy (non-hydrogen) atoms. The number of halogens is 3. The molecular weight excluding hydrogens is 333 g/mol. The number of carbonyl (C=O) groups is 1. The molecule has 0 bridgehead atoms. The molecule has 0 aromatic heterocycles. The summed E-state index contributed by atoms with van der Waals surface area (Å²) in [6, 6.07) is 9.95. The van der Waals surface area contributed by atoms with Gasteiger partial charge in [0.05, 0.1) is 25.3 Å². The van der Waals surface area contributed by atoms with Crippen LogP contribution >= 0.6 is 0 Å². The first kappa shape index (κ1) is 17.3. The lowest BCUT2D eigenvalue weighted by atomic mass is 10.1. The Morgan fingerprint density at radius 3 is 2.80 bits per heavy atom. The number of nitrogens with zero attached hydrogens (tertiary/aromatic N) is 1. The molecule has 1 fully saturated rings. The van der Waals surface area contributed by atoms with E-state index in [0.717, 1.165) is 0 Å². The van der Waals surface area contributed by atoms with Crippen molar-refractivity contribution in [2.24, 2.45) is 0 Å². The number of rotatable bonds is 4. The fraction of sp³-hybridized carbons (Fsp3) is 0.278. The van der Waals surface area contributed by atoms with E-state index in [1.165, 1.54) is 30.3 Å². The maximum absolute atomic E-state index is 14.2. The van der Waals surface area contributed by atoms with E-state index in [1.54, 1.807) is 17.0 Å². The molecule has 1 aliphatic rings. The van der Waals surface area contributed by atoms with Gasteiger partial charge in [0.25, 0.3) is 0 Å². The Morgan fingerprint density at radius 2 is 2.08 bits per heavy atom. The van der Waals surface area contributed by atoms with Gasteiger partial charge in [0.1, 0.15) is 11.6 Å². The van der Waals surface area contributed by atoms with Crippen LogP contribution < -0.4 is 10.2 Å². The number of benzene rings is 2. The third-order valence-electron chi connectivity index (χ3n) is 3.87. The Morgan fingerprint density at radius 1 is 1.24 bits per heavy atom. The Hall–Kier alpha value is -2.54. The van der Waals surface area contributed by atoms with Crippen LogP contribution in [0, 0.1) is 11.6 Å². The summed E-state index contributed by atoms with van der Waals surface area (Å²) in [6.07, 6.45) is -1.46. The topological polar surface area (TPSA) is 41.6 Å². The van der Waals surface area contributed by atoms with Gasteiger partial charge in [-0.1, -0.05) is 12.1 Å². The molecule has 0 spiro atoms. The first-order chi connectivity index (χ1) is 12.0. The van der Waals surface area contributed by atoms with Crippen LogP contribution in [-0.2, 0) is 16.0 Å².